The van der Waals surface area contributed by atoms with Crippen molar-refractivity contribution >= 4 is 21.7 Å². The number of nitrogens with zero attached hydrogens (tertiary/aromatic N) is 2. The van der Waals surface area contributed by atoms with Crippen LogP contribution in [0.2, 0.25) is 0 Å². The van der Waals surface area contributed by atoms with E-state index < -0.39 is 10.0 Å². The van der Waals surface area contributed by atoms with Gasteiger partial charge in [-0.05, 0) is 55.2 Å². The molecule has 0 amide bonds. The first-order valence-corrected chi connectivity index (χ1v) is 9.47. The number of benzene rings is 1. The third-order valence-electron chi connectivity index (χ3n) is 3.58. The Morgan fingerprint density at radius 1 is 1.08 bits per heavy atom. The number of anilines is 2. The summed E-state index contributed by atoms with van der Waals surface area (Å²) in [4.78, 5) is 0.189. The molecule has 2 N–H and O–H groups in total. The van der Waals surface area contributed by atoms with E-state index in [9.17, 15) is 8.42 Å². The second-order valence-electron chi connectivity index (χ2n) is 6.27. The third-order valence-corrected chi connectivity index (χ3v) is 5.07. The van der Waals surface area contributed by atoms with Gasteiger partial charge < -0.3 is 10.1 Å². The summed E-state index contributed by atoms with van der Waals surface area (Å²) in [6.45, 7) is 8.46. The molecule has 25 heavy (non-hydrogen) atoms. The molecule has 2 aromatic rings. The number of sulfonamides is 1. The van der Waals surface area contributed by atoms with Crippen molar-refractivity contribution in [1.29, 1.82) is 0 Å². The highest BCUT2D eigenvalue weighted by Gasteiger charge is 2.19. The molecular weight excluding hydrogens is 340 g/mol. The molecule has 0 aliphatic carbocycles. The largest absolute Gasteiger partial charge is 0.496 e. The Bertz CT molecular complexity index is 834. The van der Waals surface area contributed by atoms with Crippen LogP contribution in [0.5, 0.6) is 5.75 Å². The number of methoxy groups -OCH3 is 1. The Balaban J connectivity index is 2.20. The van der Waals surface area contributed by atoms with Gasteiger partial charge in [-0.25, -0.2) is 8.42 Å². The Hall–Kier alpha value is -2.35. The molecule has 136 valence electrons. The van der Waals surface area contributed by atoms with Crippen LogP contribution in [0.15, 0.2) is 29.2 Å². The Morgan fingerprint density at radius 3 is 2.28 bits per heavy atom. The van der Waals surface area contributed by atoms with E-state index in [1.165, 1.54) is 0 Å². The Morgan fingerprint density at radius 2 is 1.72 bits per heavy atom. The average Bonchev–Trinajstić information content (AvgIpc) is 2.55. The number of hydrogen-bond acceptors (Lipinski definition) is 6. The molecule has 1 heterocycles. The fourth-order valence-electron chi connectivity index (χ4n) is 2.25. The summed E-state index contributed by atoms with van der Waals surface area (Å²) < 4.78 is 33.0. The molecular formula is C17H24N4O3S. The lowest BCUT2D eigenvalue weighted by Gasteiger charge is -2.13. The molecule has 8 heteroatoms. The Kier molecular flexibility index (Phi) is 5.84. The van der Waals surface area contributed by atoms with E-state index in [0.29, 0.717) is 23.0 Å². The van der Waals surface area contributed by atoms with Crippen molar-refractivity contribution in [2.45, 2.75) is 32.6 Å². The summed E-state index contributed by atoms with van der Waals surface area (Å²) in [5.41, 5.74) is 1.34. The molecule has 0 saturated heterocycles. The molecule has 1 aromatic carbocycles. The van der Waals surface area contributed by atoms with Gasteiger partial charge in [0.15, 0.2) is 5.82 Å². The maximum absolute atomic E-state index is 12.6. The van der Waals surface area contributed by atoms with Crippen LogP contribution < -0.4 is 14.8 Å². The summed E-state index contributed by atoms with van der Waals surface area (Å²) in [5.74, 6) is 1.90. The van der Waals surface area contributed by atoms with Crippen LogP contribution in [0.4, 0.5) is 11.6 Å². The molecule has 0 unspecified atom stereocenters. The van der Waals surface area contributed by atoms with Gasteiger partial charge in [0, 0.05) is 6.54 Å². The van der Waals surface area contributed by atoms with Crippen molar-refractivity contribution in [3.8, 4) is 5.75 Å². The summed E-state index contributed by atoms with van der Waals surface area (Å²) >= 11 is 0. The summed E-state index contributed by atoms with van der Waals surface area (Å²) in [5, 5.41) is 11.0. The van der Waals surface area contributed by atoms with Gasteiger partial charge in [0.05, 0.1) is 12.0 Å². The number of aryl methyl sites for hydroxylation is 2. The molecule has 0 aliphatic rings. The van der Waals surface area contributed by atoms with Gasteiger partial charge in [-0.3, -0.25) is 4.72 Å². The number of aromatic nitrogens is 2. The highest BCUT2D eigenvalue weighted by molar-refractivity contribution is 7.92. The van der Waals surface area contributed by atoms with Crippen molar-refractivity contribution in [2.75, 3.05) is 23.7 Å². The van der Waals surface area contributed by atoms with E-state index in [4.69, 9.17) is 4.74 Å². The van der Waals surface area contributed by atoms with Crippen LogP contribution in [0, 0.1) is 19.8 Å². The minimum Gasteiger partial charge on any atom is -0.496 e. The molecule has 0 saturated carbocycles. The monoisotopic (exact) mass is 364 g/mol. The van der Waals surface area contributed by atoms with Crippen LogP contribution in [0.3, 0.4) is 0 Å². The lowest BCUT2D eigenvalue weighted by atomic mass is 10.1. The maximum Gasteiger partial charge on any atom is 0.263 e. The van der Waals surface area contributed by atoms with Gasteiger partial charge in [0.25, 0.3) is 10.0 Å². The lowest BCUT2D eigenvalue weighted by molar-refractivity contribution is 0.411. The lowest BCUT2D eigenvalue weighted by Crippen LogP contribution is -2.16. The van der Waals surface area contributed by atoms with Gasteiger partial charge in [0.2, 0.25) is 0 Å². The molecule has 7 nitrogen and oxygen atoms in total. The second kappa shape index (κ2) is 7.69. The molecule has 0 fully saturated rings. The van der Waals surface area contributed by atoms with Gasteiger partial charge in [-0.15, -0.1) is 10.2 Å². The first-order chi connectivity index (χ1) is 11.7. The van der Waals surface area contributed by atoms with Crippen molar-refractivity contribution in [3.63, 3.8) is 0 Å². The van der Waals surface area contributed by atoms with Gasteiger partial charge in [-0.1, -0.05) is 13.8 Å². The standard InChI is InChI=1S/C17H24N4O3S/c1-11(2)10-18-16-6-7-17(20-19-16)21-25(22,23)15-9-12(3)14(24-5)8-13(15)4/h6-9,11H,10H2,1-5H3,(H,18,19)(H,20,21). The zero-order valence-corrected chi connectivity index (χ0v) is 15.9. The van der Waals surface area contributed by atoms with Gasteiger partial charge in [0.1, 0.15) is 11.6 Å². The van der Waals surface area contributed by atoms with Crippen LogP contribution in [0.25, 0.3) is 0 Å². The van der Waals surface area contributed by atoms with Crippen LogP contribution in [0.1, 0.15) is 25.0 Å². The van der Waals surface area contributed by atoms with E-state index in [2.05, 4.69) is 34.1 Å². The fourth-order valence-corrected chi connectivity index (χ4v) is 3.56. The van der Waals surface area contributed by atoms with E-state index in [1.807, 2.05) is 0 Å². The van der Waals surface area contributed by atoms with Gasteiger partial charge in [-0.2, -0.15) is 0 Å². The smallest absolute Gasteiger partial charge is 0.263 e. The van der Waals surface area contributed by atoms with Crippen LogP contribution in [-0.2, 0) is 10.0 Å². The van der Waals surface area contributed by atoms with Crippen LogP contribution >= 0.6 is 0 Å². The van der Waals surface area contributed by atoms with Crippen molar-refractivity contribution in [3.05, 3.63) is 35.4 Å². The molecule has 1 aromatic heterocycles. The molecule has 0 atom stereocenters. The summed E-state index contributed by atoms with van der Waals surface area (Å²) in [6.07, 6.45) is 0. The highest BCUT2D eigenvalue weighted by Crippen LogP contribution is 2.26. The number of rotatable bonds is 7. The third kappa shape index (κ3) is 4.82. The van der Waals surface area contributed by atoms with E-state index >= 15 is 0 Å². The zero-order valence-electron chi connectivity index (χ0n) is 15.1. The van der Waals surface area contributed by atoms with Crippen molar-refractivity contribution < 1.29 is 13.2 Å². The van der Waals surface area contributed by atoms with Crippen molar-refractivity contribution in [1.82, 2.24) is 10.2 Å². The molecule has 0 bridgehead atoms. The summed E-state index contributed by atoms with van der Waals surface area (Å²) in [7, 11) is -2.20. The molecule has 2 rings (SSSR count). The quantitative estimate of drug-likeness (QED) is 0.784. The van der Waals surface area contributed by atoms with Crippen molar-refractivity contribution in [2.24, 2.45) is 5.92 Å². The predicted molar refractivity (Wildman–Crippen MR) is 98.6 cm³/mol. The second-order valence-corrected chi connectivity index (χ2v) is 7.92. The van der Waals surface area contributed by atoms with E-state index in [-0.39, 0.29) is 10.7 Å². The van der Waals surface area contributed by atoms with E-state index in [1.54, 1.807) is 45.2 Å². The molecule has 0 radical (unpaired) electrons. The highest BCUT2D eigenvalue weighted by atomic mass is 32.2. The normalized spacial score (nSPS) is 11.4. The summed E-state index contributed by atoms with van der Waals surface area (Å²) in [6, 6.07) is 6.56. The molecule has 0 aliphatic heterocycles. The average molecular weight is 364 g/mol. The van der Waals surface area contributed by atoms with Crippen LogP contribution in [-0.4, -0.2) is 32.3 Å². The first kappa shape index (κ1) is 19.0. The molecule has 0 spiro atoms. The zero-order chi connectivity index (χ0) is 18.6. The fraction of sp³-hybridized carbons (Fsp3) is 0.412. The maximum atomic E-state index is 12.6. The van der Waals surface area contributed by atoms with E-state index in [0.717, 1.165) is 12.1 Å². The predicted octanol–water partition coefficient (Wildman–Crippen LogP) is 2.97. The minimum atomic E-state index is -3.76. The number of nitrogens with one attached hydrogen (secondary N) is 2. The SMILES string of the molecule is COc1cc(C)c(S(=O)(=O)Nc2ccc(NCC(C)C)nn2)cc1C. The Labute approximate surface area is 148 Å². The number of ether oxygens (including phenoxy) is 1. The van der Waals surface area contributed by atoms with Gasteiger partial charge >= 0.3 is 0 Å². The first-order valence-electron chi connectivity index (χ1n) is 7.98. The minimum absolute atomic E-state index is 0.169. The number of hydrogen-bond donors (Lipinski definition) is 2. The topological polar surface area (TPSA) is 93.2 Å².